The van der Waals surface area contributed by atoms with Gasteiger partial charge < -0.3 is 5.21 Å². The van der Waals surface area contributed by atoms with Gasteiger partial charge in [0.05, 0.1) is 57.8 Å². The maximum Gasteiger partial charge on any atom is 0.271 e. The predicted molar refractivity (Wildman–Crippen MR) is 546 cm³/mol. The highest BCUT2D eigenvalue weighted by molar-refractivity contribution is 9.10. The number of hydrogen-bond donors (Lipinski definition) is 5. The van der Waals surface area contributed by atoms with Crippen LogP contribution in [0.15, 0.2) is 384 Å². The molecule has 16 aromatic rings. The Labute approximate surface area is 834 Å². The number of aryl methyl sites for hydroxylation is 2. The van der Waals surface area contributed by atoms with E-state index in [4.69, 9.17) is 64.4 Å². The number of nitrogens with zero attached hydrogens (tertiary/aromatic N) is 4. The number of fused-ring (bicyclic) bond motifs is 1. The van der Waals surface area contributed by atoms with E-state index in [-0.39, 0.29) is 125 Å². The van der Waals surface area contributed by atoms with Gasteiger partial charge in [-0.25, -0.2) is 50.5 Å². The third-order valence-electron chi connectivity index (χ3n) is 19.4. The van der Waals surface area contributed by atoms with E-state index in [1.165, 1.54) is 188 Å². The normalized spacial score (nSPS) is 11.2. The molecule has 4 heterocycles. The van der Waals surface area contributed by atoms with Crippen molar-refractivity contribution in [2.75, 3.05) is 23.6 Å². The van der Waals surface area contributed by atoms with Gasteiger partial charge in [0.15, 0.2) is 17.3 Å². The Morgan fingerprint density at radius 2 is 0.768 bits per heavy atom. The van der Waals surface area contributed by atoms with E-state index in [9.17, 15) is 74.9 Å². The van der Waals surface area contributed by atoms with E-state index >= 15 is 0 Å². The zero-order valence-electron chi connectivity index (χ0n) is 71.0. The van der Waals surface area contributed by atoms with Crippen LogP contribution in [0, 0.1) is 31.4 Å². The number of thiophene rings is 1. The molecule has 0 saturated heterocycles. The zero-order chi connectivity index (χ0) is 98.7. The number of anilines is 5. The lowest BCUT2D eigenvalue weighted by Gasteiger charge is -2.14. The molecular weight excluding hydrogens is 2070 g/mol. The number of ketones is 4. The van der Waals surface area contributed by atoms with E-state index in [1.54, 1.807) is 121 Å². The first-order valence-electron chi connectivity index (χ1n) is 39.7. The van der Waals surface area contributed by atoms with Gasteiger partial charge in [-0.05, 0) is 235 Å². The second-order valence-electron chi connectivity index (χ2n) is 29.0. The minimum Gasteiger partial charge on any atom is -0.619 e. The first-order valence-corrected chi connectivity index (χ1v) is 52.1. The lowest BCUT2D eigenvalue weighted by Crippen LogP contribution is -2.16. The van der Waals surface area contributed by atoms with Crippen LogP contribution in [0.5, 0.6) is 0 Å². The van der Waals surface area contributed by atoms with Gasteiger partial charge in [0.1, 0.15) is 16.6 Å². The molecule has 0 aliphatic rings. The number of sulfone groups is 1. The summed E-state index contributed by atoms with van der Waals surface area (Å²) in [6.45, 7) is 6.86. The molecule has 0 atom stereocenters. The summed E-state index contributed by atoms with van der Waals surface area (Å²) in [6, 6.07) is 80.9. The predicted octanol–water partition coefficient (Wildman–Crippen LogP) is 22.7. The summed E-state index contributed by atoms with van der Waals surface area (Å²) >= 11 is 34.5. The van der Waals surface area contributed by atoms with Gasteiger partial charge in [-0.1, -0.05) is 186 Å². The first kappa shape index (κ1) is 105. The molecule has 702 valence electrons. The number of terminal acetylenes is 1. The molecule has 0 aliphatic carbocycles. The number of rotatable bonds is 26. The summed E-state index contributed by atoms with van der Waals surface area (Å²) in [4.78, 5) is 63.5. The Bertz CT molecular complexity index is 8050. The van der Waals surface area contributed by atoms with Crippen molar-refractivity contribution in [1.29, 1.82) is 0 Å². The molecule has 0 aliphatic heterocycles. The monoisotopic (exact) mass is 2140 g/mol. The second-order valence-corrected chi connectivity index (χ2v) is 43.8. The Hall–Kier alpha value is -13.6. The van der Waals surface area contributed by atoms with Crippen molar-refractivity contribution in [3.63, 3.8) is 0 Å². The molecule has 0 amide bonds. The number of benzene rings is 12. The van der Waals surface area contributed by atoms with E-state index in [1.807, 2.05) is 38.1 Å². The summed E-state index contributed by atoms with van der Waals surface area (Å²) < 4.78 is 167. The Morgan fingerprint density at radius 3 is 1.20 bits per heavy atom. The standard InChI is InChI=1S/C22H15ClN2O3S.C21H14ClNO3S.C19H15ClN2O3S.C18H13BrClNO3S2.C18H14ClN3O5S2.CH4/c23-18-8-10-21(20(13-18)22(26)17-6-3-11-24-14-17)25-29(27,28)19-9-7-15-4-1-2-5-16(15)12-19;1-2-15-8-11-18(12-9-15)27(25,26)23-20-13-10-17(22)14-19(20)21(24)16-6-4-3-5-7-16;1-13-5-8-15(9-6-13)26(24,25)22-17-10-7-14(20)12-16(17)19(23)18-4-2-3-11-21-18;1-11-15(19)10-17(25-11)26(23,24)21-16-8-7-13(20)9-14(16)18(22)12-5-3-2-4-6-12;1-22(23)14-5-7-15(8-6-14)29(26,27)21-17-9-4-13(19)11-18(17)28(24,25)16-3-2-10-20-12-16;/h1-14,25H;1,3-14,23H;2-12,22H,1H3;2-10,21H,1H3;2-12,21H,1H2;1H4. The molecule has 39 heteroatoms. The average molecular weight is 2140 g/mol. The average Bonchev–Trinajstić information content (AvgIpc) is 0.929. The van der Waals surface area contributed by atoms with Crippen molar-refractivity contribution in [2.24, 2.45) is 0 Å². The van der Waals surface area contributed by atoms with Gasteiger partial charge in [-0.3, -0.25) is 57.7 Å². The van der Waals surface area contributed by atoms with Crippen LogP contribution in [0.4, 0.5) is 34.1 Å². The van der Waals surface area contributed by atoms with Gasteiger partial charge in [0, 0.05) is 122 Å². The topological polar surface area (TPSA) is 398 Å². The summed E-state index contributed by atoms with van der Waals surface area (Å²) in [7, 11) is -23.7. The van der Waals surface area contributed by atoms with Crippen molar-refractivity contribution in [1.82, 2.24) is 15.0 Å². The molecular formula is C99H75BrCl5N9O17S7. The Morgan fingerprint density at radius 1 is 0.384 bits per heavy atom. The van der Waals surface area contributed by atoms with Crippen LogP contribution >= 0.6 is 85.3 Å². The molecule has 12 aromatic carbocycles. The van der Waals surface area contributed by atoms with Crippen LogP contribution in [0.3, 0.4) is 0 Å². The third-order valence-corrected chi connectivity index (χ3v) is 31.9. The third kappa shape index (κ3) is 27.0. The molecule has 0 spiro atoms. The lowest BCUT2D eigenvalue weighted by molar-refractivity contribution is -0.349. The number of pyridine rings is 3. The fourth-order valence-corrected chi connectivity index (χ4v) is 22.5. The number of halogens is 6. The number of nitrogens with one attached hydrogen (secondary N) is 5. The molecule has 16 rings (SSSR count). The minimum absolute atomic E-state index is 0. The summed E-state index contributed by atoms with van der Waals surface area (Å²) in [5, 5.41) is 14.4. The molecule has 4 aromatic heterocycles. The van der Waals surface area contributed by atoms with Gasteiger partial charge in [-0.2, -0.15) is 4.74 Å². The van der Waals surface area contributed by atoms with Crippen molar-refractivity contribution in [3.05, 3.63) is 442 Å². The zero-order valence-corrected chi connectivity index (χ0v) is 82.1. The van der Waals surface area contributed by atoms with E-state index < -0.39 is 65.7 Å². The first-order chi connectivity index (χ1) is 65.1. The lowest BCUT2D eigenvalue weighted by atomic mass is 10.0. The van der Waals surface area contributed by atoms with Crippen molar-refractivity contribution in [3.8, 4) is 12.3 Å². The van der Waals surface area contributed by atoms with Crippen molar-refractivity contribution >= 4 is 220 Å². The summed E-state index contributed by atoms with van der Waals surface area (Å²) in [5.74, 6) is 0.984. The fourth-order valence-electron chi connectivity index (χ4n) is 12.5. The van der Waals surface area contributed by atoms with Crippen LogP contribution in [-0.2, 0) is 60.0 Å². The van der Waals surface area contributed by atoms with Crippen molar-refractivity contribution in [2.45, 2.75) is 54.9 Å². The van der Waals surface area contributed by atoms with Gasteiger partial charge in [0.25, 0.3) is 50.1 Å². The Balaban J connectivity index is 0.000000165. The van der Waals surface area contributed by atoms with Gasteiger partial charge in [-0.15, -0.1) is 17.8 Å². The molecule has 0 radical (unpaired) electrons. The largest absolute Gasteiger partial charge is 0.619 e. The van der Waals surface area contributed by atoms with Crippen LogP contribution in [0.2, 0.25) is 25.1 Å². The number of hydrogen-bond acceptors (Lipinski definition) is 21. The highest BCUT2D eigenvalue weighted by Gasteiger charge is 2.30. The van der Waals surface area contributed by atoms with Crippen LogP contribution in [0.1, 0.15) is 87.2 Å². The van der Waals surface area contributed by atoms with Crippen LogP contribution in [0.25, 0.3) is 10.8 Å². The number of sulfonamides is 5. The maximum atomic E-state index is 13.0. The molecule has 138 heavy (non-hydrogen) atoms. The molecule has 0 bridgehead atoms. The second kappa shape index (κ2) is 46.0. The highest BCUT2D eigenvalue weighted by Crippen LogP contribution is 2.37. The molecule has 26 nitrogen and oxygen atoms in total. The van der Waals surface area contributed by atoms with E-state index in [2.05, 4.69) is 67.1 Å². The van der Waals surface area contributed by atoms with E-state index in [0.29, 0.717) is 47.1 Å². The number of carbonyl (C=O) groups is 4. The number of carbonyl (C=O) groups excluding carboxylic acids is 4. The van der Waals surface area contributed by atoms with E-state index in [0.717, 1.165) is 49.3 Å². The smallest absolute Gasteiger partial charge is 0.271 e. The summed E-state index contributed by atoms with van der Waals surface area (Å²) in [6.07, 6.45) is 12.3. The summed E-state index contributed by atoms with van der Waals surface area (Å²) in [5.41, 5.74) is 4.18. The highest BCUT2D eigenvalue weighted by atomic mass is 79.9. The molecule has 5 N–H and O–H groups in total. The van der Waals surface area contributed by atoms with Gasteiger partial charge in [0.2, 0.25) is 21.3 Å². The van der Waals surface area contributed by atoms with Gasteiger partial charge >= 0.3 is 0 Å². The molecule has 0 saturated carbocycles. The maximum absolute atomic E-state index is 13.0. The molecule has 0 fully saturated rings. The van der Waals surface area contributed by atoms with Crippen molar-refractivity contribution < 1.29 is 74.4 Å². The Kier molecular flexibility index (Phi) is 35.0. The minimum atomic E-state index is -4.15. The van der Waals surface area contributed by atoms with Crippen LogP contribution < -0.4 is 23.6 Å². The fraction of sp³-hybridized carbons (Fsp3) is 0.0303. The van der Waals surface area contributed by atoms with Crippen LogP contribution in [-0.4, -0.2) is 100 Å². The SMILES string of the molecule is C.C#Cc1ccc(S(=O)(=O)Nc2ccc(Cl)cc2C(=O)c2ccccc2)cc1.C=[N+]([O-])c1ccc(S(=O)(=O)Nc2ccc(Cl)cc2S(=O)(=O)c2cccnc2)cc1.Cc1ccc(S(=O)(=O)Nc2ccc(Cl)cc2C(=O)c2ccccn2)cc1.Cc1sc(S(=O)(=O)Nc2ccc(Cl)cc2C(=O)c2ccccc2)cc1Br.O=C(c1cccnc1)c1cc(Cl)ccc1NS(=O)(=O)c1ccc2ccccc2c1. The number of aromatic nitrogens is 3. The molecule has 0 unspecified atom stereocenters. The quantitative estimate of drug-likeness (QED) is 0.00839.